The highest BCUT2D eigenvalue weighted by atomic mass is 19.4. The molecule has 6 nitrogen and oxygen atoms in total. The van der Waals surface area contributed by atoms with E-state index in [4.69, 9.17) is 10.5 Å². The largest absolute Gasteiger partial charge is 0.417 e. The number of nitrogens with two attached hydrogens (primary N) is 1. The van der Waals surface area contributed by atoms with Gasteiger partial charge in [-0.15, -0.1) is 0 Å². The highest BCUT2D eigenvalue weighted by Gasteiger charge is 2.56. The summed E-state index contributed by atoms with van der Waals surface area (Å²) < 4.78 is 90.0. The maximum absolute atomic E-state index is 15.3. The van der Waals surface area contributed by atoms with Crippen LogP contribution in [0.4, 0.5) is 26.3 Å². The number of imidazole rings is 1. The van der Waals surface area contributed by atoms with Crippen LogP contribution in [0.5, 0.6) is 0 Å². The first-order valence-corrected chi connectivity index (χ1v) is 11.0. The van der Waals surface area contributed by atoms with Gasteiger partial charge in [-0.2, -0.15) is 13.2 Å². The Morgan fingerprint density at radius 2 is 1.78 bits per heavy atom. The Morgan fingerprint density at radius 1 is 1.08 bits per heavy atom. The van der Waals surface area contributed by atoms with Crippen LogP contribution in [0.2, 0.25) is 0 Å². The van der Waals surface area contributed by atoms with Crippen LogP contribution in [0.3, 0.4) is 0 Å². The monoisotopic (exact) mass is 513 g/mol. The number of nitrogens with zero attached hydrogens (tertiary/aromatic N) is 4. The molecule has 1 atom stereocenters. The smallest absolute Gasteiger partial charge is 0.386 e. The normalized spacial score (nSPS) is 19.1. The number of aliphatic imine (C=N–C) groups is 1. The molecule has 2 N–H and O–H groups in total. The molecule has 1 aliphatic heterocycles. The molecule has 1 aliphatic rings. The van der Waals surface area contributed by atoms with Crippen LogP contribution < -0.4 is 5.73 Å². The average Bonchev–Trinajstić information content (AvgIpc) is 3.30. The molecular formula is C24H25F6N5O. The molecule has 12 heteroatoms. The number of pyridine rings is 1. The van der Waals surface area contributed by atoms with E-state index in [9.17, 15) is 17.6 Å². The third kappa shape index (κ3) is 5.23. The van der Waals surface area contributed by atoms with E-state index < -0.39 is 40.7 Å². The third-order valence-corrected chi connectivity index (χ3v) is 5.53. The fourth-order valence-corrected chi connectivity index (χ4v) is 3.45. The molecule has 4 rings (SSSR count). The van der Waals surface area contributed by atoms with Gasteiger partial charge in [-0.05, 0) is 44.2 Å². The molecule has 0 amide bonds. The molecule has 0 radical (unpaired) electrons. The van der Waals surface area contributed by atoms with Crippen LogP contribution in [0.15, 0.2) is 54.0 Å². The van der Waals surface area contributed by atoms with Gasteiger partial charge in [-0.1, -0.05) is 13.8 Å². The van der Waals surface area contributed by atoms with Crippen molar-refractivity contribution in [2.24, 2.45) is 10.7 Å². The molecule has 0 spiro atoms. The summed E-state index contributed by atoms with van der Waals surface area (Å²) in [4.78, 5) is 11.8. The minimum atomic E-state index is -4.53. The first kappa shape index (κ1) is 27.2. The van der Waals surface area contributed by atoms with Crippen LogP contribution in [0.25, 0.3) is 17.1 Å². The number of benzene rings is 1. The molecule has 194 valence electrons. The Morgan fingerprint density at radius 3 is 2.39 bits per heavy atom. The van der Waals surface area contributed by atoms with Gasteiger partial charge in [0.1, 0.15) is 42.0 Å². The van der Waals surface area contributed by atoms with E-state index in [1.807, 2.05) is 13.8 Å². The molecule has 36 heavy (non-hydrogen) atoms. The van der Waals surface area contributed by atoms with Gasteiger partial charge in [-0.3, -0.25) is 9.56 Å². The summed E-state index contributed by atoms with van der Waals surface area (Å²) in [6.07, 6.45) is -1.11. The van der Waals surface area contributed by atoms with Crippen molar-refractivity contribution in [3.63, 3.8) is 0 Å². The van der Waals surface area contributed by atoms with Crippen LogP contribution in [-0.2, 0) is 10.9 Å². The van der Waals surface area contributed by atoms with E-state index in [-0.39, 0.29) is 29.5 Å². The number of amidine groups is 1. The van der Waals surface area contributed by atoms with Crippen molar-refractivity contribution in [2.75, 3.05) is 6.61 Å². The van der Waals surface area contributed by atoms with Gasteiger partial charge in [0, 0.05) is 23.5 Å². The van der Waals surface area contributed by atoms with Gasteiger partial charge >= 0.3 is 12.1 Å². The molecule has 0 aliphatic carbocycles. The lowest BCUT2D eigenvalue weighted by atomic mass is 9.88. The fourth-order valence-electron chi connectivity index (χ4n) is 3.45. The predicted molar refractivity (Wildman–Crippen MR) is 122 cm³/mol. The van der Waals surface area contributed by atoms with E-state index in [0.717, 1.165) is 18.2 Å². The zero-order valence-electron chi connectivity index (χ0n) is 19.9. The van der Waals surface area contributed by atoms with E-state index in [1.54, 1.807) is 0 Å². The molecule has 3 heterocycles. The average molecular weight is 513 g/mol. The summed E-state index contributed by atoms with van der Waals surface area (Å²) in [5.74, 6) is -4.55. The number of aromatic nitrogens is 3. The summed E-state index contributed by atoms with van der Waals surface area (Å²) in [7, 11) is 0. The van der Waals surface area contributed by atoms with Gasteiger partial charge in [0.05, 0.1) is 11.3 Å². The topological polar surface area (TPSA) is 78.3 Å². The third-order valence-electron chi connectivity index (χ3n) is 5.53. The maximum atomic E-state index is 15.3. The Bertz CT molecular complexity index is 1230. The number of halogens is 6. The summed E-state index contributed by atoms with van der Waals surface area (Å²) in [5.41, 5.74) is 2.95. The van der Waals surface area contributed by atoms with Crippen molar-refractivity contribution >= 4 is 5.84 Å². The maximum Gasteiger partial charge on any atom is 0.417 e. The standard InChI is InChI=1S/C22H19F6N5O.C2H6/c1-20(2)21(24,25)19(32-17(29)10-34-20)14-7-12(3-5-15(14)23)16-9-33(11-31-16)18-6-4-13(8-30-18)22(26,27)28;1-2/h3-9,11,19H,10H2,1-2H3,(H2,29,32);1-2H3. The van der Waals surface area contributed by atoms with Gasteiger partial charge in [0.25, 0.3) is 0 Å². The summed E-state index contributed by atoms with van der Waals surface area (Å²) in [6, 6.07) is 3.65. The number of alkyl halides is 5. The molecular weight excluding hydrogens is 488 g/mol. The highest BCUT2D eigenvalue weighted by Crippen LogP contribution is 2.46. The zero-order chi connectivity index (χ0) is 26.9. The zero-order valence-corrected chi connectivity index (χ0v) is 19.9. The molecule has 1 aromatic carbocycles. The molecule has 2 aromatic heterocycles. The summed E-state index contributed by atoms with van der Waals surface area (Å²) in [5, 5.41) is 0. The van der Waals surface area contributed by atoms with E-state index in [2.05, 4.69) is 15.0 Å². The van der Waals surface area contributed by atoms with Crippen molar-refractivity contribution in [3.05, 3.63) is 66.0 Å². The van der Waals surface area contributed by atoms with E-state index in [0.29, 0.717) is 6.20 Å². The Labute approximate surface area is 203 Å². The van der Waals surface area contributed by atoms with Crippen LogP contribution in [-0.4, -0.2) is 38.5 Å². The van der Waals surface area contributed by atoms with Crippen LogP contribution >= 0.6 is 0 Å². The van der Waals surface area contributed by atoms with E-state index >= 15 is 8.78 Å². The first-order valence-electron chi connectivity index (χ1n) is 11.0. The molecule has 3 aromatic rings. The highest BCUT2D eigenvalue weighted by molar-refractivity contribution is 5.82. The van der Waals surface area contributed by atoms with Gasteiger partial charge in [-0.25, -0.2) is 23.1 Å². The van der Waals surface area contributed by atoms with Gasteiger partial charge < -0.3 is 10.5 Å². The van der Waals surface area contributed by atoms with Crippen molar-refractivity contribution < 1.29 is 31.1 Å². The minimum absolute atomic E-state index is 0.153. The Hall–Kier alpha value is -3.41. The summed E-state index contributed by atoms with van der Waals surface area (Å²) >= 11 is 0. The minimum Gasteiger partial charge on any atom is -0.386 e. The molecule has 0 fully saturated rings. The number of hydrogen-bond donors (Lipinski definition) is 1. The first-order chi connectivity index (χ1) is 16.8. The van der Waals surface area contributed by atoms with Gasteiger partial charge in [0.15, 0.2) is 0 Å². The molecule has 0 bridgehead atoms. The Balaban J connectivity index is 0.00000176. The second kappa shape index (κ2) is 9.92. The quantitative estimate of drug-likeness (QED) is 0.439. The van der Waals surface area contributed by atoms with Crippen molar-refractivity contribution in [1.29, 1.82) is 0 Å². The second-order valence-electron chi connectivity index (χ2n) is 8.25. The van der Waals surface area contributed by atoms with Crippen molar-refractivity contribution in [3.8, 4) is 17.1 Å². The summed E-state index contributed by atoms with van der Waals surface area (Å²) in [6.45, 7) is 6.02. The van der Waals surface area contributed by atoms with E-state index in [1.165, 1.54) is 43.1 Å². The molecule has 0 saturated heterocycles. The SMILES string of the molecule is CC.CC1(C)OCC(N)=NC(c2cc(-c3cn(-c4ccc(C(F)(F)F)cn4)cn3)ccc2F)C1(F)F. The lowest BCUT2D eigenvalue weighted by Crippen LogP contribution is -2.48. The predicted octanol–water partition coefficient (Wildman–Crippen LogP) is 5.96. The lowest BCUT2D eigenvalue weighted by Gasteiger charge is -2.35. The van der Waals surface area contributed by atoms with Crippen molar-refractivity contribution in [2.45, 2.75) is 51.4 Å². The number of hydrogen-bond acceptors (Lipinski definition) is 5. The van der Waals surface area contributed by atoms with Gasteiger partial charge in [0.2, 0.25) is 0 Å². The number of rotatable bonds is 3. The fraction of sp³-hybridized carbons (Fsp3) is 0.375. The second-order valence-corrected chi connectivity index (χ2v) is 8.25. The van der Waals surface area contributed by atoms with Crippen LogP contribution in [0, 0.1) is 5.82 Å². The number of ether oxygens (including phenoxy) is 1. The molecule has 1 unspecified atom stereocenters. The Kier molecular flexibility index (Phi) is 7.49. The lowest BCUT2D eigenvalue weighted by molar-refractivity contribution is -0.191. The van der Waals surface area contributed by atoms with Crippen LogP contribution in [0.1, 0.15) is 44.9 Å². The van der Waals surface area contributed by atoms with Crippen molar-refractivity contribution in [1.82, 2.24) is 14.5 Å². The molecule has 0 saturated carbocycles.